The molecule has 4 rings (SSSR count). The summed E-state index contributed by atoms with van der Waals surface area (Å²) in [6.07, 6.45) is 7.07. The molecular weight excluding hydrogens is 346 g/mol. The van der Waals surface area contributed by atoms with E-state index in [1.165, 1.54) is 30.6 Å². The van der Waals surface area contributed by atoms with E-state index < -0.39 is 0 Å². The van der Waals surface area contributed by atoms with Gasteiger partial charge in [0.15, 0.2) is 5.13 Å². The Bertz CT molecular complexity index is 867. The summed E-state index contributed by atoms with van der Waals surface area (Å²) < 4.78 is 1.78. The van der Waals surface area contributed by atoms with Crippen LogP contribution in [0.1, 0.15) is 35.4 Å². The predicted molar refractivity (Wildman–Crippen MR) is 103 cm³/mol. The largest absolute Gasteiger partial charge is 0.297 e. The van der Waals surface area contributed by atoms with Crippen molar-refractivity contribution in [3.05, 3.63) is 59.6 Å². The molecule has 3 aromatic rings. The normalized spacial score (nSPS) is 15.1. The molecule has 0 bridgehead atoms. The van der Waals surface area contributed by atoms with Crippen LogP contribution in [0.15, 0.2) is 48.2 Å². The number of nitrogens with zero attached hydrogens (tertiary/aromatic N) is 4. The van der Waals surface area contributed by atoms with Crippen molar-refractivity contribution in [1.29, 1.82) is 0 Å². The first-order chi connectivity index (χ1) is 12.8. The van der Waals surface area contributed by atoms with E-state index in [1.807, 2.05) is 35.7 Å². The van der Waals surface area contributed by atoms with Crippen LogP contribution in [0, 0.1) is 0 Å². The van der Waals surface area contributed by atoms with Crippen LogP contribution in [0.2, 0.25) is 0 Å². The minimum Gasteiger partial charge on any atom is -0.297 e. The van der Waals surface area contributed by atoms with Gasteiger partial charge in [-0.2, -0.15) is 0 Å². The maximum Gasteiger partial charge on any atom is 0.276 e. The molecular formula is C19H21N5OS. The van der Waals surface area contributed by atoms with Gasteiger partial charge in [0.05, 0.1) is 18.2 Å². The highest BCUT2D eigenvalue weighted by atomic mass is 32.1. The van der Waals surface area contributed by atoms with Gasteiger partial charge in [-0.25, -0.2) is 9.97 Å². The summed E-state index contributed by atoms with van der Waals surface area (Å²) in [5, 5.41) is 5.56. The molecule has 0 saturated carbocycles. The molecule has 0 unspecified atom stereocenters. The zero-order valence-corrected chi connectivity index (χ0v) is 15.3. The highest BCUT2D eigenvalue weighted by Crippen LogP contribution is 2.20. The summed E-state index contributed by atoms with van der Waals surface area (Å²) in [5.41, 5.74) is 2.41. The lowest BCUT2D eigenvalue weighted by Crippen LogP contribution is -2.29. The number of imidazole rings is 1. The van der Waals surface area contributed by atoms with Crippen molar-refractivity contribution >= 4 is 22.4 Å². The molecule has 0 atom stereocenters. The molecule has 1 fully saturated rings. The number of piperidine rings is 1. The number of para-hydroxylation sites is 1. The fraction of sp³-hybridized carbons (Fsp3) is 0.316. The molecule has 1 saturated heterocycles. The molecule has 7 heteroatoms. The van der Waals surface area contributed by atoms with E-state index in [1.54, 1.807) is 17.1 Å². The Hall–Kier alpha value is -2.51. The summed E-state index contributed by atoms with van der Waals surface area (Å²) in [7, 11) is 0. The number of amides is 1. The number of rotatable bonds is 5. The van der Waals surface area contributed by atoms with Gasteiger partial charge in [0.1, 0.15) is 5.69 Å². The van der Waals surface area contributed by atoms with E-state index in [2.05, 4.69) is 20.2 Å². The summed E-state index contributed by atoms with van der Waals surface area (Å²) in [4.78, 5) is 23.8. The quantitative estimate of drug-likeness (QED) is 0.749. The van der Waals surface area contributed by atoms with Crippen LogP contribution in [0.5, 0.6) is 0 Å². The lowest BCUT2D eigenvalue weighted by molar-refractivity contribution is 0.102. The van der Waals surface area contributed by atoms with E-state index in [4.69, 9.17) is 0 Å². The maximum absolute atomic E-state index is 12.7. The lowest BCUT2D eigenvalue weighted by atomic mass is 10.1. The van der Waals surface area contributed by atoms with Crippen molar-refractivity contribution in [2.75, 3.05) is 18.4 Å². The number of hydrogen-bond donors (Lipinski definition) is 1. The number of benzene rings is 1. The van der Waals surface area contributed by atoms with Crippen molar-refractivity contribution < 1.29 is 4.79 Å². The molecule has 3 heterocycles. The number of carbonyl (C=O) groups excluding carboxylic acids is 1. The van der Waals surface area contributed by atoms with Gasteiger partial charge < -0.3 is 0 Å². The molecule has 0 spiro atoms. The van der Waals surface area contributed by atoms with E-state index >= 15 is 0 Å². The molecule has 134 valence electrons. The highest BCUT2D eigenvalue weighted by molar-refractivity contribution is 7.13. The molecule has 1 aromatic carbocycles. The van der Waals surface area contributed by atoms with Crippen LogP contribution >= 0.6 is 11.3 Å². The van der Waals surface area contributed by atoms with Gasteiger partial charge in [0, 0.05) is 17.6 Å². The van der Waals surface area contributed by atoms with Crippen LogP contribution in [0.3, 0.4) is 0 Å². The molecule has 26 heavy (non-hydrogen) atoms. The smallest absolute Gasteiger partial charge is 0.276 e. The number of anilines is 1. The van der Waals surface area contributed by atoms with E-state index in [-0.39, 0.29) is 5.91 Å². The molecule has 6 nitrogen and oxygen atoms in total. The number of hydrogen-bond acceptors (Lipinski definition) is 5. The number of aromatic nitrogens is 3. The first kappa shape index (κ1) is 16.9. The van der Waals surface area contributed by atoms with Crippen LogP contribution in [0.25, 0.3) is 5.69 Å². The zero-order valence-electron chi connectivity index (χ0n) is 14.5. The minimum absolute atomic E-state index is 0.203. The highest BCUT2D eigenvalue weighted by Gasteiger charge is 2.16. The maximum atomic E-state index is 12.7. The second-order valence-electron chi connectivity index (χ2n) is 6.42. The second-order valence-corrected chi connectivity index (χ2v) is 7.28. The molecule has 1 aliphatic rings. The van der Waals surface area contributed by atoms with Crippen molar-refractivity contribution in [1.82, 2.24) is 19.4 Å². The third kappa shape index (κ3) is 3.84. The van der Waals surface area contributed by atoms with Crippen LogP contribution in [0.4, 0.5) is 5.13 Å². The Labute approximate surface area is 156 Å². The topological polar surface area (TPSA) is 63.1 Å². The van der Waals surface area contributed by atoms with Crippen molar-refractivity contribution in [2.24, 2.45) is 0 Å². The fourth-order valence-corrected chi connectivity index (χ4v) is 3.90. The summed E-state index contributed by atoms with van der Waals surface area (Å²) in [5.74, 6) is -0.203. The van der Waals surface area contributed by atoms with Gasteiger partial charge in [-0.3, -0.25) is 19.6 Å². The first-order valence-corrected chi connectivity index (χ1v) is 9.73. The molecule has 1 amide bonds. The standard InChI is InChI=1S/C19H21N5OS/c25-18(17-11-20-14-24(17)16-7-3-1-4-8-16)22-19-21-15(13-26-19)12-23-9-5-2-6-10-23/h1,3-4,7-8,11,13-14H,2,5-6,9-10,12H2,(H,21,22,25). The van der Waals surface area contributed by atoms with E-state index in [0.29, 0.717) is 10.8 Å². The SMILES string of the molecule is O=C(Nc1nc(CN2CCCCC2)cs1)c1cncn1-c1ccccc1. The number of nitrogens with one attached hydrogen (secondary N) is 1. The Morgan fingerprint density at radius 2 is 1.96 bits per heavy atom. The monoisotopic (exact) mass is 367 g/mol. The van der Waals surface area contributed by atoms with Gasteiger partial charge in [0.2, 0.25) is 0 Å². The third-order valence-electron chi connectivity index (χ3n) is 4.51. The lowest BCUT2D eigenvalue weighted by Gasteiger charge is -2.25. The minimum atomic E-state index is -0.203. The van der Waals surface area contributed by atoms with Crippen LogP contribution in [-0.4, -0.2) is 38.4 Å². The zero-order chi connectivity index (χ0) is 17.8. The van der Waals surface area contributed by atoms with Crippen LogP contribution in [-0.2, 0) is 6.54 Å². The van der Waals surface area contributed by atoms with Crippen molar-refractivity contribution in [3.63, 3.8) is 0 Å². The Kier molecular flexibility index (Phi) is 5.08. The summed E-state index contributed by atoms with van der Waals surface area (Å²) >= 11 is 1.47. The predicted octanol–water partition coefficient (Wildman–Crippen LogP) is 3.57. The summed E-state index contributed by atoms with van der Waals surface area (Å²) in [6, 6.07) is 9.70. The van der Waals surface area contributed by atoms with Gasteiger partial charge in [0.25, 0.3) is 5.91 Å². The Morgan fingerprint density at radius 1 is 1.15 bits per heavy atom. The van der Waals surface area contributed by atoms with Gasteiger partial charge >= 0.3 is 0 Å². The Balaban J connectivity index is 1.44. The van der Waals surface area contributed by atoms with E-state index in [9.17, 15) is 4.79 Å². The second kappa shape index (κ2) is 7.80. The number of thiazole rings is 1. The van der Waals surface area contributed by atoms with Crippen LogP contribution < -0.4 is 5.32 Å². The average Bonchev–Trinajstić information content (AvgIpc) is 3.33. The molecule has 1 N–H and O–H groups in total. The number of carbonyl (C=O) groups is 1. The number of likely N-dealkylation sites (tertiary alicyclic amines) is 1. The molecule has 1 aliphatic heterocycles. The molecule has 0 aliphatic carbocycles. The fourth-order valence-electron chi connectivity index (χ4n) is 3.20. The van der Waals surface area contributed by atoms with Crippen molar-refractivity contribution in [2.45, 2.75) is 25.8 Å². The molecule has 0 radical (unpaired) electrons. The van der Waals surface area contributed by atoms with Gasteiger partial charge in [-0.05, 0) is 38.1 Å². The molecule has 2 aromatic heterocycles. The first-order valence-electron chi connectivity index (χ1n) is 8.85. The van der Waals surface area contributed by atoms with Crippen molar-refractivity contribution in [3.8, 4) is 5.69 Å². The van der Waals surface area contributed by atoms with Gasteiger partial charge in [-0.1, -0.05) is 24.6 Å². The average molecular weight is 367 g/mol. The Morgan fingerprint density at radius 3 is 2.77 bits per heavy atom. The summed E-state index contributed by atoms with van der Waals surface area (Å²) in [6.45, 7) is 3.12. The van der Waals surface area contributed by atoms with Gasteiger partial charge in [-0.15, -0.1) is 11.3 Å². The van der Waals surface area contributed by atoms with E-state index in [0.717, 1.165) is 31.0 Å². The third-order valence-corrected chi connectivity index (χ3v) is 5.32.